The van der Waals surface area contributed by atoms with Crippen LogP contribution in [0.5, 0.6) is 5.75 Å². The first kappa shape index (κ1) is 20.7. The minimum absolute atomic E-state index is 0.0923. The third kappa shape index (κ3) is 5.97. The second-order valence-corrected chi connectivity index (χ2v) is 9.01. The normalized spacial score (nSPS) is 16.6. The van der Waals surface area contributed by atoms with Gasteiger partial charge in [-0.25, -0.2) is 4.98 Å². The molecule has 0 saturated carbocycles. The molecule has 2 aromatic rings. The number of nitrogens with one attached hydrogen (secondary N) is 1. The Bertz CT molecular complexity index is 807. The Morgan fingerprint density at radius 1 is 1.36 bits per heavy atom. The summed E-state index contributed by atoms with van der Waals surface area (Å²) in [6, 6.07) is 7.21. The highest BCUT2D eigenvalue weighted by Gasteiger charge is 2.21. The Labute approximate surface area is 173 Å². The number of likely N-dealkylation sites (tertiary alicyclic amines) is 1. The summed E-state index contributed by atoms with van der Waals surface area (Å²) < 4.78 is 5.91. The third-order valence-electron chi connectivity index (χ3n) is 4.57. The van der Waals surface area contributed by atoms with Crippen molar-refractivity contribution in [3.8, 4) is 5.75 Å². The van der Waals surface area contributed by atoms with Crippen LogP contribution in [0.15, 0.2) is 34.0 Å². The zero-order chi connectivity index (χ0) is 19.9. The molecule has 1 atom stereocenters. The molecule has 8 heteroatoms. The molecule has 150 valence electrons. The number of carbonyl (C=O) groups excluding carboxylic acids is 2. The summed E-state index contributed by atoms with van der Waals surface area (Å²) in [7, 11) is 1.60. The molecule has 1 N–H and O–H groups in total. The number of rotatable bonds is 7. The fraction of sp³-hybridized carbons (Fsp3) is 0.450. The van der Waals surface area contributed by atoms with Crippen LogP contribution < -0.4 is 10.1 Å². The number of benzene rings is 1. The van der Waals surface area contributed by atoms with Gasteiger partial charge in [0.25, 0.3) is 0 Å². The third-order valence-corrected chi connectivity index (χ3v) is 6.64. The number of aromatic nitrogens is 1. The number of hydrogen-bond donors (Lipinski definition) is 1. The number of nitrogens with zero attached hydrogens (tertiary/aromatic N) is 2. The highest BCUT2D eigenvalue weighted by Crippen LogP contribution is 2.24. The smallest absolute Gasteiger partial charge is 0.234 e. The average molecular weight is 420 g/mol. The number of methoxy groups -OCH3 is 1. The lowest BCUT2D eigenvalue weighted by Gasteiger charge is -2.30. The maximum absolute atomic E-state index is 12.4. The summed E-state index contributed by atoms with van der Waals surface area (Å²) in [5, 5.41) is 4.76. The standard InChI is InChI=1S/C20H25N3O3S2/c1-14-4-3-9-23(11-14)19(25)10-16-12-27-20(22-16)28-13-18(24)21-15-5-7-17(26-2)8-6-15/h5-8,12,14H,3-4,9-11,13H2,1-2H3,(H,21,24). The average Bonchev–Trinajstić information content (AvgIpc) is 3.14. The van der Waals surface area contributed by atoms with Crippen molar-refractivity contribution >= 4 is 40.6 Å². The molecule has 1 saturated heterocycles. The van der Waals surface area contributed by atoms with Crippen LogP contribution in [0.25, 0.3) is 0 Å². The van der Waals surface area contributed by atoms with Crippen LogP contribution in [0.2, 0.25) is 0 Å². The lowest BCUT2D eigenvalue weighted by molar-refractivity contribution is -0.132. The topological polar surface area (TPSA) is 71.5 Å². The van der Waals surface area contributed by atoms with Gasteiger partial charge in [0.15, 0.2) is 4.34 Å². The van der Waals surface area contributed by atoms with E-state index in [2.05, 4.69) is 17.2 Å². The minimum atomic E-state index is -0.0923. The molecule has 1 unspecified atom stereocenters. The highest BCUT2D eigenvalue weighted by molar-refractivity contribution is 8.01. The lowest BCUT2D eigenvalue weighted by Crippen LogP contribution is -2.39. The summed E-state index contributed by atoms with van der Waals surface area (Å²) in [5.41, 5.74) is 1.51. The molecular weight excluding hydrogens is 394 g/mol. The summed E-state index contributed by atoms with van der Waals surface area (Å²) in [6.45, 7) is 3.88. The predicted octanol–water partition coefficient (Wildman–Crippen LogP) is 3.68. The Kier molecular flexibility index (Phi) is 7.33. The number of anilines is 1. The molecule has 0 radical (unpaired) electrons. The van der Waals surface area contributed by atoms with Crippen LogP contribution in [0.3, 0.4) is 0 Å². The molecule has 0 bridgehead atoms. The molecular formula is C20H25N3O3S2. The second kappa shape index (κ2) is 9.93. The van der Waals surface area contributed by atoms with Gasteiger partial charge in [0, 0.05) is 24.2 Å². The van der Waals surface area contributed by atoms with Crippen LogP contribution in [0.4, 0.5) is 5.69 Å². The molecule has 28 heavy (non-hydrogen) atoms. The van der Waals surface area contributed by atoms with Crippen molar-refractivity contribution in [1.29, 1.82) is 0 Å². The first-order valence-corrected chi connectivity index (χ1v) is 11.2. The zero-order valence-electron chi connectivity index (χ0n) is 16.1. The van der Waals surface area contributed by atoms with E-state index in [4.69, 9.17) is 4.74 Å². The molecule has 2 heterocycles. The van der Waals surface area contributed by atoms with Gasteiger partial charge in [-0.1, -0.05) is 18.7 Å². The van der Waals surface area contributed by atoms with Crippen molar-refractivity contribution in [2.45, 2.75) is 30.5 Å². The van der Waals surface area contributed by atoms with E-state index in [0.717, 1.165) is 41.0 Å². The molecule has 1 fully saturated rings. The van der Waals surface area contributed by atoms with E-state index >= 15 is 0 Å². The zero-order valence-corrected chi connectivity index (χ0v) is 17.8. The van der Waals surface area contributed by atoms with Crippen molar-refractivity contribution in [2.24, 2.45) is 5.92 Å². The van der Waals surface area contributed by atoms with E-state index in [1.54, 1.807) is 31.4 Å². The van der Waals surface area contributed by atoms with E-state index < -0.39 is 0 Å². The van der Waals surface area contributed by atoms with Crippen LogP contribution in [-0.4, -0.2) is 47.7 Å². The van der Waals surface area contributed by atoms with E-state index in [9.17, 15) is 9.59 Å². The Morgan fingerprint density at radius 2 is 2.14 bits per heavy atom. The molecule has 2 amide bonds. The van der Waals surface area contributed by atoms with Gasteiger partial charge in [-0.05, 0) is 43.0 Å². The fourth-order valence-electron chi connectivity index (χ4n) is 3.12. The molecule has 0 spiro atoms. The SMILES string of the molecule is COc1ccc(NC(=O)CSc2nc(CC(=O)N3CCCC(C)C3)cs2)cc1. The van der Waals surface area contributed by atoms with Crippen molar-refractivity contribution in [3.63, 3.8) is 0 Å². The van der Waals surface area contributed by atoms with Crippen molar-refractivity contribution < 1.29 is 14.3 Å². The lowest BCUT2D eigenvalue weighted by atomic mass is 10.00. The molecule has 6 nitrogen and oxygen atoms in total. The Balaban J connectivity index is 1.44. The van der Waals surface area contributed by atoms with Crippen LogP contribution in [-0.2, 0) is 16.0 Å². The van der Waals surface area contributed by atoms with Crippen LogP contribution in [0, 0.1) is 5.92 Å². The summed E-state index contributed by atoms with van der Waals surface area (Å²) in [4.78, 5) is 31.0. The van der Waals surface area contributed by atoms with E-state index in [1.165, 1.54) is 29.5 Å². The van der Waals surface area contributed by atoms with E-state index in [-0.39, 0.29) is 17.6 Å². The van der Waals surface area contributed by atoms with Crippen molar-refractivity contribution in [1.82, 2.24) is 9.88 Å². The van der Waals surface area contributed by atoms with Crippen LogP contribution >= 0.6 is 23.1 Å². The van der Waals surface area contributed by atoms with Crippen molar-refractivity contribution in [3.05, 3.63) is 35.3 Å². The van der Waals surface area contributed by atoms with Gasteiger partial charge in [-0.2, -0.15) is 0 Å². The molecule has 3 rings (SSSR count). The number of thiazole rings is 1. The number of thioether (sulfide) groups is 1. The molecule has 1 aliphatic heterocycles. The van der Waals surface area contributed by atoms with Gasteiger partial charge >= 0.3 is 0 Å². The maximum atomic E-state index is 12.4. The summed E-state index contributed by atoms with van der Waals surface area (Å²) >= 11 is 2.86. The van der Waals surface area contributed by atoms with Gasteiger partial charge in [0.1, 0.15) is 5.75 Å². The Hall–Kier alpha value is -2.06. The number of hydrogen-bond acceptors (Lipinski definition) is 6. The largest absolute Gasteiger partial charge is 0.497 e. The maximum Gasteiger partial charge on any atom is 0.234 e. The second-order valence-electron chi connectivity index (χ2n) is 6.93. The minimum Gasteiger partial charge on any atom is -0.497 e. The quantitative estimate of drug-likeness (QED) is 0.693. The summed E-state index contributed by atoms with van der Waals surface area (Å²) in [6.07, 6.45) is 2.61. The first-order valence-electron chi connectivity index (χ1n) is 9.32. The van der Waals surface area contributed by atoms with Crippen LogP contribution in [0.1, 0.15) is 25.5 Å². The van der Waals surface area contributed by atoms with Crippen molar-refractivity contribution in [2.75, 3.05) is 31.3 Å². The monoisotopic (exact) mass is 419 g/mol. The highest BCUT2D eigenvalue weighted by atomic mass is 32.2. The number of amides is 2. The predicted molar refractivity (Wildman–Crippen MR) is 113 cm³/mol. The molecule has 1 aromatic carbocycles. The van der Waals surface area contributed by atoms with E-state index in [0.29, 0.717) is 12.3 Å². The van der Waals surface area contributed by atoms with Gasteiger partial charge < -0.3 is 15.0 Å². The molecule has 1 aliphatic rings. The van der Waals surface area contributed by atoms with E-state index in [1.807, 2.05) is 10.3 Å². The fourth-order valence-corrected chi connectivity index (χ4v) is 4.76. The van der Waals surface area contributed by atoms with Gasteiger partial charge in [0.05, 0.1) is 25.0 Å². The molecule has 1 aromatic heterocycles. The van der Waals surface area contributed by atoms with Gasteiger partial charge in [0.2, 0.25) is 11.8 Å². The molecule has 0 aliphatic carbocycles. The first-order chi connectivity index (χ1) is 13.5. The van der Waals surface area contributed by atoms with Gasteiger partial charge in [-0.15, -0.1) is 11.3 Å². The Morgan fingerprint density at radius 3 is 2.86 bits per heavy atom. The number of carbonyl (C=O) groups is 2. The number of piperidine rings is 1. The van der Waals surface area contributed by atoms with Gasteiger partial charge in [-0.3, -0.25) is 9.59 Å². The summed E-state index contributed by atoms with van der Waals surface area (Å²) in [5.74, 6) is 1.65. The number of ether oxygens (including phenoxy) is 1.